The Hall–Kier alpha value is -1.65. The van der Waals surface area contributed by atoms with Gasteiger partial charge in [-0.3, -0.25) is 13.9 Å². The predicted octanol–water partition coefficient (Wildman–Crippen LogP) is 1.97. The van der Waals surface area contributed by atoms with Crippen LogP contribution in [0, 0.1) is 18.8 Å². The molecular formula is C15H21FN2O2. The largest absolute Gasteiger partial charge is 0.331 e. The molecule has 110 valence electrons. The number of allylic oxidation sites excluding steroid dienone is 2. The van der Waals surface area contributed by atoms with E-state index in [1.165, 1.54) is 17.8 Å². The average Bonchev–Trinajstić information content (AvgIpc) is 2.44. The highest BCUT2D eigenvalue weighted by molar-refractivity contribution is 5.11. The first kappa shape index (κ1) is 14.8. The molecule has 0 saturated heterocycles. The van der Waals surface area contributed by atoms with Gasteiger partial charge in [0.05, 0.1) is 6.04 Å². The molecule has 0 radical (unpaired) electrons. The summed E-state index contributed by atoms with van der Waals surface area (Å²) in [6.45, 7) is 5.53. The minimum atomic E-state index is -1.13. The molecule has 5 heteroatoms. The van der Waals surface area contributed by atoms with Crippen molar-refractivity contribution in [2.75, 3.05) is 0 Å². The molecule has 0 aliphatic heterocycles. The van der Waals surface area contributed by atoms with E-state index in [0.717, 1.165) is 11.0 Å². The van der Waals surface area contributed by atoms with Gasteiger partial charge in [0.25, 0.3) is 5.56 Å². The van der Waals surface area contributed by atoms with Gasteiger partial charge in [-0.15, -0.1) is 0 Å². The maximum absolute atomic E-state index is 14.6. The Kier molecular flexibility index (Phi) is 3.97. The summed E-state index contributed by atoms with van der Waals surface area (Å²) in [7, 11) is 1.42. The van der Waals surface area contributed by atoms with Gasteiger partial charge < -0.3 is 0 Å². The number of nitrogens with zero attached hydrogens (tertiary/aromatic N) is 2. The number of alkyl halides is 1. The standard InChI is InChI=1S/C15H21FN2O2/c1-5-11-6-7-12(13(16)10(11)3)18-8-9(2)14(19)17(4)15(18)20/h6-8,10-13H,5H2,1-4H3. The van der Waals surface area contributed by atoms with Crippen molar-refractivity contribution in [3.8, 4) is 0 Å². The summed E-state index contributed by atoms with van der Waals surface area (Å²) in [4.78, 5) is 23.9. The smallest absolute Gasteiger partial charge is 0.290 e. The third-order valence-corrected chi connectivity index (χ3v) is 4.33. The van der Waals surface area contributed by atoms with Crippen LogP contribution in [0.25, 0.3) is 0 Å². The van der Waals surface area contributed by atoms with E-state index in [2.05, 4.69) is 0 Å². The lowest BCUT2D eigenvalue weighted by Crippen LogP contribution is -2.44. The molecule has 20 heavy (non-hydrogen) atoms. The second-order valence-electron chi connectivity index (χ2n) is 5.62. The average molecular weight is 280 g/mol. The molecule has 1 aliphatic carbocycles. The Labute approximate surface area is 117 Å². The highest BCUT2D eigenvalue weighted by Gasteiger charge is 2.34. The topological polar surface area (TPSA) is 44.0 Å². The molecule has 4 nitrogen and oxygen atoms in total. The van der Waals surface area contributed by atoms with Crippen molar-refractivity contribution in [1.29, 1.82) is 0 Å². The van der Waals surface area contributed by atoms with Crippen molar-refractivity contribution in [1.82, 2.24) is 9.13 Å². The number of aromatic nitrogens is 2. The van der Waals surface area contributed by atoms with Crippen molar-refractivity contribution < 1.29 is 4.39 Å². The predicted molar refractivity (Wildman–Crippen MR) is 76.7 cm³/mol. The molecule has 0 bridgehead atoms. The molecule has 0 saturated carbocycles. The summed E-state index contributed by atoms with van der Waals surface area (Å²) in [6, 6.07) is -0.634. The van der Waals surface area contributed by atoms with Gasteiger partial charge in [-0.25, -0.2) is 9.18 Å². The Morgan fingerprint density at radius 1 is 1.30 bits per heavy atom. The molecule has 2 rings (SSSR count). The van der Waals surface area contributed by atoms with Gasteiger partial charge in [0.15, 0.2) is 0 Å². The minimum absolute atomic E-state index is 0.139. The van der Waals surface area contributed by atoms with Gasteiger partial charge in [0, 0.05) is 18.8 Å². The van der Waals surface area contributed by atoms with E-state index in [-0.39, 0.29) is 17.4 Å². The van der Waals surface area contributed by atoms with E-state index in [9.17, 15) is 14.0 Å². The molecule has 0 fully saturated rings. The van der Waals surface area contributed by atoms with Crippen molar-refractivity contribution >= 4 is 0 Å². The lowest BCUT2D eigenvalue weighted by Gasteiger charge is -2.33. The summed E-state index contributed by atoms with van der Waals surface area (Å²) in [5.74, 6) is 0.0602. The molecular weight excluding hydrogens is 259 g/mol. The molecule has 1 aromatic rings. The molecule has 1 aliphatic rings. The van der Waals surface area contributed by atoms with Crippen LogP contribution in [0.2, 0.25) is 0 Å². The number of hydrogen-bond donors (Lipinski definition) is 0. The minimum Gasteiger partial charge on any atom is -0.290 e. The fourth-order valence-electron chi connectivity index (χ4n) is 2.90. The molecule has 0 N–H and O–H groups in total. The van der Waals surface area contributed by atoms with Gasteiger partial charge >= 0.3 is 5.69 Å². The van der Waals surface area contributed by atoms with Crippen LogP contribution in [0.15, 0.2) is 27.9 Å². The molecule has 1 heterocycles. The van der Waals surface area contributed by atoms with Crippen molar-refractivity contribution in [2.24, 2.45) is 18.9 Å². The number of rotatable bonds is 2. The number of hydrogen-bond acceptors (Lipinski definition) is 2. The van der Waals surface area contributed by atoms with Gasteiger partial charge in [0.2, 0.25) is 0 Å². The van der Waals surface area contributed by atoms with Crippen molar-refractivity contribution in [3.05, 3.63) is 44.8 Å². The van der Waals surface area contributed by atoms with E-state index in [0.29, 0.717) is 5.56 Å². The summed E-state index contributed by atoms with van der Waals surface area (Å²) >= 11 is 0. The first-order chi connectivity index (χ1) is 9.38. The normalized spacial score (nSPS) is 29.6. The van der Waals surface area contributed by atoms with Crippen LogP contribution in [-0.2, 0) is 7.05 Å². The lowest BCUT2D eigenvalue weighted by atomic mass is 9.80. The summed E-state index contributed by atoms with van der Waals surface area (Å²) in [5, 5.41) is 0. The van der Waals surface area contributed by atoms with E-state index < -0.39 is 17.9 Å². The van der Waals surface area contributed by atoms with Crippen LogP contribution < -0.4 is 11.2 Å². The first-order valence-electron chi connectivity index (χ1n) is 6.99. The number of aryl methyl sites for hydroxylation is 1. The quantitative estimate of drug-likeness (QED) is 0.777. The van der Waals surface area contributed by atoms with Crippen LogP contribution in [-0.4, -0.2) is 15.3 Å². The molecule has 0 amide bonds. The Bertz CT molecular complexity index is 644. The fourth-order valence-corrected chi connectivity index (χ4v) is 2.90. The fraction of sp³-hybridized carbons (Fsp3) is 0.600. The zero-order chi connectivity index (χ0) is 15.0. The highest BCUT2D eigenvalue weighted by Crippen LogP contribution is 2.34. The third kappa shape index (κ3) is 2.25. The Morgan fingerprint density at radius 3 is 2.55 bits per heavy atom. The summed E-state index contributed by atoms with van der Waals surface area (Å²) in [5.41, 5.74) is -0.362. The second-order valence-corrected chi connectivity index (χ2v) is 5.62. The molecule has 4 atom stereocenters. The molecule has 0 aromatic carbocycles. The second kappa shape index (κ2) is 5.38. The zero-order valence-corrected chi connectivity index (χ0v) is 12.3. The maximum Gasteiger partial charge on any atom is 0.331 e. The highest BCUT2D eigenvalue weighted by atomic mass is 19.1. The van der Waals surface area contributed by atoms with Crippen LogP contribution in [0.5, 0.6) is 0 Å². The van der Waals surface area contributed by atoms with Gasteiger partial charge in [0.1, 0.15) is 6.17 Å². The van der Waals surface area contributed by atoms with Crippen LogP contribution in [0.1, 0.15) is 31.9 Å². The van der Waals surface area contributed by atoms with Gasteiger partial charge in [-0.1, -0.05) is 26.0 Å². The van der Waals surface area contributed by atoms with Crippen LogP contribution >= 0.6 is 0 Å². The maximum atomic E-state index is 14.6. The first-order valence-corrected chi connectivity index (χ1v) is 6.99. The number of halogens is 1. The molecule has 0 spiro atoms. The summed E-state index contributed by atoms with van der Waals surface area (Å²) < 4.78 is 17.0. The van der Waals surface area contributed by atoms with Crippen molar-refractivity contribution in [2.45, 2.75) is 39.4 Å². The lowest BCUT2D eigenvalue weighted by molar-refractivity contribution is 0.139. The van der Waals surface area contributed by atoms with E-state index in [4.69, 9.17) is 0 Å². The van der Waals surface area contributed by atoms with E-state index in [1.807, 2.05) is 19.9 Å². The van der Waals surface area contributed by atoms with Gasteiger partial charge in [-0.2, -0.15) is 0 Å². The summed E-state index contributed by atoms with van der Waals surface area (Å²) in [6.07, 6.45) is 4.96. The Morgan fingerprint density at radius 2 is 1.95 bits per heavy atom. The van der Waals surface area contributed by atoms with E-state index >= 15 is 0 Å². The van der Waals surface area contributed by atoms with Crippen molar-refractivity contribution in [3.63, 3.8) is 0 Å². The van der Waals surface area contributed by atoms with Crippen LogP contribution in [0.4, 0.5) is 4.39 Å². The zero-order valence-electron chi connectivity index (χ0n) is 12.3. The SMILES string of the molecule is CCC1C=CC(n2cc(C)c(=O)n(C)c2=O)C(F)C1C. The monoisotopic (exact) mass is 280 g/mol. The molecule has 4 unspecified atom stereocenters. The Balaban J connectivity index is 2.53. The molecule has 1 aromatic heterocycles. The van der Waals surface area contributed by atoms with Crippen LogP contribution in [0.3, 0.4) is 0 Å². The van der Waals surface area contributed by atoms with E-state index in [1.54, 1.807) is 13.0 Å². The van der Waals surface area contributed by atoms with Gasteiger partial charge in [-0.05, 0) is 25.2 Å². The third-order valence-electron chi connectivity index (χ3n) is 4.33.